The van der Waals surface area contributed by atoms with Gasteiger partial charge in [-0.2, -0.15) is 0 Å². The van der Waals surface area contributed by atoms with Crippen molar-refractivity contribution in [2.24, 2.45) is 5.92 Å². The molecule has 0 atom stereocenters. The van der Waals surface area contributed by atoms with Crippen LogP contribution >= 0.6 is 0 Å². The molecule has 88 valence electrons. The maximum Gasteiger partial charge on any atom is 0.197 e. The summed E-state index contributed by atoms with van der Waals surface area (Å²) in [7, 11) is 0. The summed E-state index contributed by atoms with van der Waals surface area (Å²) in [5, 5.41) is 3.40. The van der Waals surface area contributed by atoms with E-state index in [0.29, 0.717) is 5.92 Å². The summed E-state index contributed by atoms with van der Waals surface area (Å²) in [6.45, 7) is 4.39. The number of aryl methyl sites for hydroxylation is 1. The molecule has 1 aliphatic carbocycles. The van der Waals surface area contributed by atoms with Crippen molar-refractivity contribution < 1.29 is 4.42 Å². The standard InChI is InChI=1S/C13H20N2O/c1-9-12(8-10-4-6-14-7-5-10)15-13(16-9)11-2-3-11/h10-11,14H,2-8H2,1H3. The fraction of sp³-hybridized carbons (Fsp3) is 0.769. The molecule has 1 aromatic rings. The summed E-state index contributed by atoms with van der Waals surface area (Å²) in [5.41, 5.74) is 1.22. The first kappa shape index (κ1) is 10.3. The lowest BCUT2D eigenvalue weighted by Gasteiger charge is -2.21. The second-order valence-corrected chi connectivity index (χ2v) is 5.23. The SMILES string of the molecule is Cc1oc(C2CC2)nc1CC1CCNCC1. The third-order valence-electron chi connectivity index (χ3n) is 3.78. The Bertz CT molecular complexity index is 362. The number of hydrogen-bond acceptors (Lipinski definition) is 3. The van der Waals surface area contributed by atoms with Gasteiger partial charge in [0.15, 0.2) is 5.89 Å². The van der Waals surface area contributed by atoms with Crippen molar-refractivity contribution in [2.45, 2.75) is 44.9 Å². The summed E-state index contributed by atoms with van der Waals surface area (Å²) in [6.07, 6.45) is 6.22. The van der Waals surface area contributed by atoms with Crippen LogP contribution < -0.4 is 5.32 Å². The third-order valence-corrected chi connectivity index (χ3v) is 3.78. The highest BCUT2D eigenvalue weighted by atomic mass is 16.4. The zero-order chi connectivity index (χ0) is 11.0. The molecule has 0 bridgehead atoms. The van der Waals surface area contributed by atoms with Gasteiger partial charge in [0.1, 0.15) is 5.76 Å². The Kier molecular flexibility index (Phi) is 2.72. The number of aromatic nitrogens is 1. The van der Waals surface area contributed by atoms with Crippen molar-refractivity contribution in [1.29, 1.82) is 0 Å². The van der Waals surface area contributed by atoms with E-state index in [9.17, 15) is 0 Å². The van der Waals surface area contributed by atoms with E-state index in [1.807, 2.05) is 0 Å². The third kappa shape index (κ3) is 2.14. The maximum atomic E-state index is 5.75. The summed E-state index contributed by atoms with van der Waals surface area (Å²) in [5.74, 6) is 3.50. The lowest BCUT2D eigenvalue weighted by Crippen LogP contribution is -2.28. The normalized spacial score (nSPS) is 22.6. The molecule has 1 saturated carbocycles. The van der Waals surface area contributed by atoms with Gasteiger partial charge >= 0.3 is 0 Å². The maximum absolute atomic E-state index is 5.75. The van der Waals surface area contributed by atoms with Crippen molar-refractivity contribution >= 4 is 0 Å². The molecule has 0 spiro atoms. The largest absolute Gasteiger partial charge is 0.445 e. The molecule has 1 N–H and O–H groups in total. The molecule has 3 rings (SSSR count). The number of nitrogens with one attached hydrogen (secondary N) is 1. The van der Waals surface area contributed by atoms with Crippen LogP contribution in [-0.4, -0.2) is 18.1 Å². The Morgan fingerprint density at radius 3 is 2.69 bits per heavy atom. The fourth-order valence-corrected chi connectivity index (χ4v) is 2.50. The molecule has 0 radical (unpaired) electrons. The zero-order valence-electron chi connectivity index (χ0n) is 9.96. The Labute approximate surface area is 96.6 Å². The van der Waals surface area contributed by atoms with Gasteiger partial charge in [-0.25, -0.2) is 4.98 Å². The Morgan fingerprint density at radius 2 is 2.00 bits per heavy atom. The van der Waals surface area contributed by atoms with Gasteiger partial charge in [-0.3, -0.25) is 0 Å². The van der Waals surface area contributed by atoms with Crippen LogP contribution in [-0.2, 0) is 6.42 Å². The van der Waals surface area contributed by atoms with E-state index in [0.717, 1.165) is 37.1 Å². The Balaban J connectivity index is 1.68. The molecule has 16 heavy (non-hydrogen) atoms. The zero-order valence-corrected chi connectivity index (χ0v) is 9.96. The lowest BCUT2D eigenvalue weighted by atomic mass is 9.93. The van der Waals surface area contributed by atoms with Crippen molar-refractivity contribution in [3.8, 4) is 0 Å². The van der Waals surface area contributed by atoms with Crippen molar-refractivity contribution in [3.63, 3.8) is 0 Å². The van der Waals surface area contributed by atoms with E-state index < -0.39 is 0 Å². The fourth-order valence-electron chi connectivity index (χ4n) is 2.50. The summed E-state index contributed by atoms with van der Waals surface area (Å²) in [4.78, 5) is 4.68. The molecule has 1 aromatic heterocycles. The molecule has 1 saturated heterocycles. The molecule has 2 fully saturated rings. The highest BCUT2D eigenvalue weighted by Crippen LogP contribution is 2.40. The van der Waals surface area contributed by atoms with E-state index in [-0.39, 0.29) is 0 Å². The molecule has 0 unspecified atom stereocenters. The first-order valence-corrected chi connectivity index (χ1v) is 6.50. The second kappa shape index (κ2) is 4.21. The summed E-state index contributed by atoms with van der Waals surface area (Å²) < 4.78 is 5.75. The topological polar surface area (TPSA) is 38.1 Å². The molecule has 2 heterocycles. The Hall–Kier alpha value is -0.830. The van der Waals surface area contributed by atoms with Gasteiger partial charge in [0.25, 0.3) is 0 Å². The predicted octanol–water partition coefficient (Wildman–Crippen LogP) is 2.40. The van der Waals surface area contributed by atoms with Gasteiger partial charge in [0.05, 0.1) is 5.69 Å². The molecular weight excluding hydrogens is 200 g/mol. The van der Waals surface area contributed by atoms with Crippen LogP contribution in [0.15, 0.2) is 4.42 Å². The minimum Gasteiger partial charge on any atom is -0.445 e. The van der Waals surface area contributed by atoms with Crippen LogP contribution in [0.5, 0.6) is 0 Å². The summed E-state index contributed by atoms with van der Waals surface area (Å²) in [6, 6.07) is 0. The highest BCUT2D eigenvalue weighted by Gasteiger charge is 2.30. The molecule has 0 aromatic carbocycles. The molecule has 3 heteroatoms. The van der Waals surface area contributed by atoms with Gasteiger partial charge in [-0.1, -0.05) is 0 Å². The van der Waals surface area contributed by atoms with E-state index in [2.05, 4.69) is 17.2 Å². The molecule has 3 nitrogen and oxygen atoms in total. The van der Waals surface area contributed by atoms with Crippen molar-refractivity contribution in [3.05, 3.63) is 17.3 Å². The summed E-state index contributed by atoms with van der Waals surface area (Å²) >= 11 is 0. The van der Waals surface area contributed by atoms with Crippen LogP contribution in [0.2, 0.25) is 0 Å². The molecular formula is C13H20N2O. The minimum atomic E-state index is 0.639. The van der Waals surface area contributed by atoms with Gasteiger partial charge in [-0.15, -0.1) is 0 Å². The smallest absolute Gasteiger partial charge is 0.197 e. The number of piperidine rings is 1. The first-order chi connectivity index (χ1) is 7.83. The van der Waals surface area contributed by atoms with Crippen molar-refractivity contribution in [2.75, 3.05) is 13.1 Å². The van der Waals surface area contributed by atoms with Gasteiger partial charge in [0, 0.05) is 5.92 Å². The highest BCUT2D eigenvalue weighted by molar-refractivity contribution is 5.13. The van der Waals surface area contributed by atoms with Crippen LogP contribution in [0.25, 0.3) is 0 Å². The van der Waals surface area contributed by atoms with E-state index in [4.69, 9.17) is 4.42 Å². The number of rotatable bonds is 3. The number of nitrogens with zero attached hydrogens (tertiary/aromatic N) is 1. The van der Waals surface area contributed by atoms with Gasteiger partial charge < -0.3 is 9.73 Å². The molecule has 1 aliphatic heterocycles. The molecule has 2 aliphatic rings. The monoisotopic (exact) mass is 220 g/mol. The van der Waals surface area contributed by atoms with Crippen molar-refractivity contribution in [1.82, 2.24) is 10.3 Å². The van der Waals surface area contributed by atoms with Crippen LogP contribution in [0, 0.1) is 12.8 Å². The quantitative estimate of drug-likeness (QED) is 0.850. The molecule has 0 amide bonds. The number of oxazole rings is 1. The van der Waals surface area contributed by atoms with Crippen LogP contribution in [0.4, 0.5) is 0 Å². The van der Waals surface area contributed by atoms with Crippen LogP contribution in [0.3, 0.4) is 0 Å². The number of hydrogen-bond donors (Lipinski definition) is 1. The van der Waals surface area contributed by atoms with E-state index >= 15 is 0 Å². The predicted molar refractivity (Wildman–Crippen MR) is 62.5 cm³/mol. The second-order valence-electron chi connectivity index (χ2n) is 5.23. The first-order valence-electron chi connectivity index (χ1n) is 6.50. The lowest BCUT2D eigenvalue weighted by molar-refractivity contribution is 0.368. The van der Waals surface area contributed by atoms with E-state index in [1.54, 1.807) is 0 Å². The minimum absolute atomic E-state index is 0.639. The Morgan fingerprint density at radius 1 is 1.25 bits per heavy atom. The average Bonchev–Trinajstić information content (AvgIpc) is 3.07. The average molecular weight is 220 g/mol. The van der Waals surface area contributed by atoms with E-state index in [1.165, 1.54) is 31.4 Å². The van der Waals surface area contributed by atoms with Gasteiger partial charge in [0.2, 0.25) is 0 Å². The van der Waals surface area contributed by atoms with Gasteiger partial charge in [-0.05, 0) is 58.0 Å². The van der Waals surface area contributed by atoms with Crippen LogP contribution in [0.1, 0.15) is 48.9 Å².